The number of methoxy groups -OCH3 is 1. The van der Waals surface area contributed by atoms with E-state index < -0.39 is 11.9 Å². The van der Waals surface area contributed by atoms with E-state index in [4.69, 9.17) is 4.74 Å². The van der Waals surface area contributed by atoms with Gasteiger partial charge in [-0.05, 0) is 74.0 Å². The summed E-state index contributed by atoms with van der Waals surface area (Å²) in [5.41, 5.74) is 3.69. The van der Waals surface area contributed by atoms with E-state index in [1.807, 2.05) is 38.1 Å². The molecule has 3 aromatic carbocycles. The molecule has 2 amide bonds. The monoisotopic (exact) mass is 561 g/mol. The number of nitrogens with zero attached hydrogens (tertiary/aromatic N) is 1. The van der Waals surface area contributed by atoms with Crippen LogP contribution in [0.25, 0.3) is 6.08 Å². The number of carbonyl (C=O) groups excluding carboxylic acids is 3. The van der Waals surface area contributed by atoms with Gasteiger partial charge in [-0.3, -0.25) is 9.59 Å². The molecule has 0 aromatic heterocycles. The summed E-state index contributed by atoms with van der Waals surface area (Å²) >= 11 is 3.38. The van der Waals surface area contributed by atoms with Gasteiger partial charge in [0, 0.05) is 21.4 Å². The Bertz CT molecular complexity index is 1410. The van der Waals surface area contributed by atoms with Gasteiger partial charge in [0.1, 0.15) is 17.4 Å². The second-order valence-electron chi connectivity index (χ2n) is 8.03. The predicted molar refractivity (Wildman–Crippen MR) is 144 cm³/mol. The van der Waals surface area contributed by atoms with Crippen LogP contribution in [0.1, 0.15) is 27.0 Å². The molecule has 2 N–H and O–H groups in total. The molecular formula is C28H24BrN3O5. The fourth-order valence-corrected chi connectivity index (χ4v) is 3.74. The third-order valence-corrected chi connectivity index (χ3v) is 5.71. The quantitative estimate of drug-likeness (QED) is 0.215. The van der Waals surface area contributed by atoms with Crippen molar-refractivity contribution in [2.75, 3.05) is 24.4 Å². The predicted octanol–water partition coefficient (Wildman–Crippen LogP) is 5.42. The van der Waals surface area contributed by atoms with Gasteiger partial charge < -0.3 is 20.1 Å². The van der Waals surface area contributed by atoms with Gasteiger partial charge in [0.05, 0.1) is 12.7 Å². The van der Waals surface area contributed by atoms with Crippen LogP contribution in [0.3, 0.4) is 0 Å². The summed E-state index contributed by atoms with van der Waals surface area (Å²) in [6, 6.07) is 18.7. The average Bonchev–Trinajstić information content (AvgIpc) is 2.88. The number of nitrogens with one attached hydrogen (secondary N) is 2. The van der Waals surface area contributed by atoms with E-state index in [1.54, 1.807) is 18.2 Å². The number of benzene rings is 3. The highest BCUT2D eigenvalue weighted by atomic mass is 79.9. The molecule has 0 aliphatic heterocycles. The first kappa shape index (κ1) is 27.2. The topological polar surface area (TPSA) is 118 Å². The molecule has 0 fully saturated rings. The fraction of sp³-hybridized carbons (Fsp3) is 0.143. The first-order chi connectivity index (χ1) is 17.7. The number of rotatable bonds is 8. The maximum absolute atomic E-state index is 12.7. The van der Waals surface area contributed by atoms with Gasteiger partial charge in [-0.15, -0.1) is 0 Å². The van der Waals surface area contributed by atoms with Crippen molar-refractivity contribution in [2.45, 2.75) is 13.8 Å². The molecule has 0 atom stereocenters. The van der Waals surface area contributed by atoms with Gasteiger partial charge >= 0.3 is 5.97 Å². The molecule has 0 radical (unpaired) electrons. The first-order valence-corrected chi connectivity index (χ1v) is 11.9. The van der Waals surface area contributed by atoms with Crippen LogP contribution >= 0.6 is 15.9 Å². The zero-order chi connectivity index (χ0) is 26.9. The second kappa shape index (κ2) is 12.5. The minimum absolute atomic E-state index is 0.181. The summed E-state index contributed by atoms with van der Waals surface area (Å²) < 4.78 is 11.1. The molecule has 0 heterocycles. The first-order valence-electron chi connectivity index (χ1n) is 11.1. The number of carbonyl (C=O) groups is 3. The van der Waals surface area contributed by atoms with E-state index in [2.05, 4.69) is 31.3 Å². The summed E-state index contributed by atoms with van der Waals surface area (Å²) in [5.74, 6) is -1.17. The van der Waals surface area contributed by atoms with Crippen molar-refractivity contribution in [3.05, 3.63) is 93.0 Å². The van der Waals surface area contributed by atoms with Crippen LogP contribution in [-0.2, 0) is 14.3 Å². The van der Waals surface area contributed by atoms with Crippen LogP contribution < -0.4 is 15.4 Å². The van der Waals surface area contributed by atoms with Gasteiger partial charge in [0.15, 0.2) is 6.61 Å². The molecule has 8 nitrogen and oxygen atoms in total. The molecule has 188 valence electrons. The molecule has 37 heavy (non-hydrogen) atoms. The van der Waals surface area contributed by atoms with Crippen molar-refractivity contribution in [1.82, 2.24) is 0 Å². The Labute approximate surface area is 223 Å². The molecule has 9 heteroatoms. The van der Waals surface area contributed by atoms with E-state index in [9.17, 15) is 19.6 Å². The van der Waals surface area contributed by atoms with E-state index in [0.29, 0.717) is 32.7 Å². The lowest BCUT2D eigenvalue weighted by atomic mass is 10.1. The molecule has 0 aliphatic carbocycles. The van der Waals surface area contributed by atoms with Crippen LogP contribution in [0.2, 0.25) is 0 Å². The van der Waals surface area contributed by atoms with Crippen LogP contribution in [-0.4, -0.2) is 31.5 Å². The standard InChI is InChI=1S/C28H24BrN3O5/c1-17-4-10-24(18(2)12-17)32-26(33)16-37-25-11-7-22(29)14-20(25)13-21(15-30)27(34)31-23-8-5-19(6-9-23)28(35)36-3/h4-14H,16H2,1-3H3,(H,31,34)(H,32,33)/b21-13-. The summed E-state index contributed by atoms with van der Waals surface area (Å²) in [7, 11) is 1.28. The van der Waals surface area contributed by atoms with Crippen LogP contribution in [0.15, 0.2) is 70.7 Å². The fourth-order valence-electron chi connectivity index (χ4n) is 3.36. The molecule has 0 saturated heterocycles. The third kappa shape index (κ3) is 7.53. The molecule has 0 unspecified atom stereocenters. The highest BCUT2D eigenvalue weighted by Crippen LogP contribution is 2.26. The van der Waals surface area contributed by atoms with Gasteiger partial charge in [-0.1, -0.05) is 33.6 Å². The van der Waals surface area contributed by atoms with Crippen molar-refractivity contribution >= 4 is 51.2 Å². The minimum Gasteiger partial charge on any atom is -0.483 e. The minimum atomic E-state index is -0.646. The summed E-state index contributed by atoms with van der Waals surface area (Å²) in [6.07, 6.45) is 1.38. The molecule has 0 spiro atoms. The third-order valence-electron chi connectivity index (χ3n) is 5.22. The molecule has 3 aromatic rings. The SMILES string of the molecule is COC(=O)c1ccc(NC(=O)/C(C#N)=C\c2cc(Br)ccc2OCC(=O)Nc2ccc(C)cc2C)cc1. The number of halogens is 1. The summed E-state index contributed by atoms with van der Waals surface area (Å²) in [5, 5.41) is 15.1. The van der Waals surface area contributed by atoms with E-state index in [-0.39, 0.29) is 18.1 Å². The van der Waals surface area contributed by atoms with E-state index in [0.717, 1.165) is 11.1 Å². The number of anilines is 2. The van der Waals surface area contributed by atoms with Crippen molar-refractivity contribution in [3.8, 4) is 11.8 Å². The second-order valence-corrected chi connectivity index (χ2v) is 8.95. The Morgan fingerprint density at radius 3 is 2.38 bits per heavy atom. The van der Waals surface area contributed by atoms with Crippen molar-refractivity contribution in [3.63, 3.8) is 0 Å². The highest BCUT2D eigenvalue weighted by Gasteiger charge is 2.14. The van der Waals surface area contributed by atoms with Gasteiger partial charge in [0.25, 0.3) is 11.8 Å². The molecule has 3 rings (SSSR count). The number of esters is 1. The number of amides is 2. The molecule has 0 saturated carbocycles. The summed E-state index contributed by atoms with van der Waals surface area (Å²) in [6.45, 7) is 3.61. The Morgan fingerprint density at radius 2 is 1.73 bits per heavy atom. The van der Waals surface area contributed by atoms with Gasteiger partial charge in [0.2, 0.25) is 0 Å². The lowest BCUT2D eigenvalue weighted by molar-refractivity contribution is -0.118. The van der Waals surface area contributed by atoms with Crippen LogP contribution in [0.5, 0.6) is 5.75 Å². The van der Waals surface area contributed by atoms with E-state index in [1.165, 1.54) is 37.5 Å². The number of ether oxygens (including phenoxy) is 2. The van der Waals surface area contributed by atoms with Crippen molar-refractivity contribution in [2.24, 2.45) is 0 Å². The van der Waals surface area contributed by atoms with E-state index >= 15 is 0 Å². The van der Waals surface area contributed by atoms with Gasteiger partial charge in [-0.25, -0.2) is 4.79 Å². The number of aryl methyl sites for hydroxylation is 2. The van der Waals surface area contributed by atoms with Crippen molar-refractivity contribution in [1.29, 1.82) is 5.26 Å². The largest absolute Gasteiger partial charge is 0.483 e. The Balaban J connectivity index is 1.73. The molecule has 0 bridgehead atoms. The Morgan fingerprint density at radius 1 is 1.00 bits per heavy atom. The zero-order valence-electron chi connectivity index (χ0n) is 20.4. The summed E-state index contributed by atoms with van der Waals surface area (Å²) in [4.78, 5) is 36.8. The molecule has 0 aliphatic rings. The maximum Gasteiger partial charge on any atom is 0.337 e. The average molecular weight is 562 g/mol. The van der Waals surface area contributed by atoms with Crippen molar-refractivity contribution < 1.29 is 23.9 Å². The number of nitriles is 1. The van der Waals surface area contributed by atoms with Gasteiger partial charge in [-0.2, -0.15) is 5.26 Å². The maximum atomic E-state index is 12.7. The zero-order valence-corrected chi connectivity index (χ0v) is 22.0. The lowest BCUT2D eigenvalue weighted by Gasteiger charge is -2.12. The molecular weight excluding hydrogens is 538 g/mol. The number of hydrogen-bond donors (Lipinski definition) is 2. The Hall–Kier alpha value is -4.42. The normalized spacial score (nSPS) is 10.7. The Kier molecular flexibility index (Phi) is 9.19. The highest BCUT2D eigenvalue weighted by molar-refractivity contribution is 9.10. The van der Waals surface area contributed by atoms with Crippen LogP contribution in [0.4, 0.5) is 11.4 Å². The smallest absolute Gasteiger partial charge is 0.337 e. The number of hydrogen-bond acceptors (Lipinski definition) is 6. The van der Waals surface area contributed by atoms with Crippen LogP contribution in [0, 0.1) is 25.2 Å². The lowest BCUT2D eigenvalue weighted by Crippen LogP contribution is -2.21.